The Balaban J connectivity index is 2.18. The summed E-state index contributed by atoms with van der Waals surface area (Å²) in [7, 11) is 0. The molecule has 0 aliphatic carbocycles. The Morgan fingerprint density at radius 2 is 1.41 bits per heavy atom. The molecule has 4 aromatic rings. The zero-order chi connectivity index (χ0) is 15.1. The standard InChI is InChI=1S/C22H20/c1-3-15(2)20-10-6-9-16-11-12-19-13-17-7-4-5-8-18(17)14-21(19)22(16)20/h4-15H,3H2,1-2H3. The van der Waals surface area contributed by atoms with Gasteiger partial charge in [0.25, 0.3) is 0 Å². The number of benzene rings is 4. The average molecular weight is 284 g/mol. The molecule has 0 aliphatic heterocycles. The van der Waals surface area contributed by atoms with Crippen LogP contribution < -0.4 is 0 Å². The second kappa shape index (κ2) is 5.14. The van der Waals surface area contributed by atoms with Crippen molar-refractivity contribution >= 4 is 32.3 Å². The van der Waals surface area contributed by atoms with Gasteiger partial charge < -0.3 is 0 Å². The fourth-order valence-electron chi connectivity index (χ4n) is 3.46. The SMILES string of the molecule is CCC(C)c1cccc2ccc3cc4ccccc4cc3c12. The zero-order valence-electron chi connectivity index (χ0n) is 13.1. The molecule has 0 N–H and O–H groups in total. The van der Waals surface area contributed by atoms with Crippen molar-refractivity contribution in [1.29, 1.82) is 0 Å². The largest absolute Gasteiger partial charge is 0.0648 e. The summed E-state index contributed by atoms with van der Waals surface area (Å²) in [4.78, 5) is 0. The Labute approximate surface area is 131 Å². The van der Waals surface area contributed by atoms with Crippen LogP contribution in [0, 0.1) is 0 Å². The van der Waals surface area contributed by atoms with Crippen molar-refractivity contribution in [3.63, 3.8) is 0 Å². The third-order valence-corrected chi connectivity index (χ3v) is 4.90. The van der Waals surface area contributed by atoms with Crippen molar-refractivity contribution in [3.05, 3.63) is 72.3 Å². The van der Waals surface area contributed by atoms with Crippen molar-refractivity contribution in [2.45, 2.75) is 26.2 Å². The maximum atomic E-state index is 2.36. The van der Waals surface area contributed by atoms with Crippen LogP contribution in [0.3, 0.4) is 0 Å². The number of hydrogen-bond acceptors (Lipinski definition) is 0. The zero-order valence-corrected chi connectivity index (χ0v) is 13.1. The van der Waals surface area contributed by atoms with Gasteiger partial charge in [-0.2, -0.15) is 0 Å². The molecule has 4 aromatic carbocycles. The van der Waals surface area contributed by atoms with Crippen molar-refractivity contribution in [1.82, 2.24) is 0 Å². The van der Waals surface area contributed by atoms with Crippen molar-refractivity contribution in [2.75, 3.05) is 0 Å². The molecular formula is C22H20. The Kier molecular flexibility index (Phi) is 3.11. The van der Waals surface area contributed by atoms with Gasteiger partial charge in [-0.15, -0.1) is 0 Å². The van der Waals surface area contributed by atoms with Gasteiger partial charge >= 0.3 is 0 Å². The third kappa shape index (κ3) is 1.99. The van der Waals surface area contributed by atoms with E-state index in [0.29, 0.717) is 5.92 Å². The number of fused-ring (bicyclic) bond motifs is 4. The molecule has 0 aromatic heterocycles. The fourth-order valence-corrected chi connectivity index (χ4v) is 3.46. The highest BCUT2D eigenvalue weighted by atomic mass is 14.1. The van der Waals surface area contributed by atoms with E-state index in [1.54, 1.807) is 0 Å². The molecule has 0 bridgehead atoms. The minimum atomic E-state index is 0.584. The quantitative estimate of drug-likeness (QED) is 0.285. The van der Waals surface area contributed by atoms with Gasteiger partial charge in [-0.25, -0.2) is 0 Å². The van der Waals surface area contributed by atoms with Crippen LogP contribution in [0.25, 0.3) is 32.3 Å². The Morgan fingerprint density at radius 3 is 2.18 bits per heavy atom. The van der Waals surface area contributed by atoms with Crippen LogP contribution in [0.4, 0.5) is 0 Å². The summed E-state index contributed by atoms with van der Waals surface area (Å²) >= 11 is 0. The van der Waals surface area contributed by atoms with E-state index in [1.807, 2.05) is 0 Å². The molecule has 0 heterocycles. The first-order valence-electron chi connectivity index (χ1n) is 8.12. The molecule has 1 atom stereocenters. The fraction of sp³-hybridized carbons (Fsp3) is 0.182. The van der Waals surface area contributed by atoms with E-state index in [1.165, 1.54) is 44.3 Å². The molecule has 22 heavy (non-hydrogen) atoms. The van der Waals surface area contributed by atoms with Gasteiger partial charge in [0.2, 0.25) is 0 Å². The van der Waals surface area contributed by atoms with Gasteiger partial charge in [-0.3, -0.25) is 0 Å². The van der Waals surface area contributed by atoms with Crippen LogP contribution in [0.2, 0.25) is 0 Å². The van der Waals surface area contributed by atoms with E-state index in [4.69, 9.17) is 0 Å². The lowest BCUT2D eigenvalue weighted by Gasteiger charge is -2.15. The molecule has 0 nitrogen and oxygen atoms in total. The van der Waals surface area contributed by atoms with Crippen LogP contribution in [0.15, 0.2) is 66.7 Å². The lowest BCUT2D eigenvalue weighted by molar-refractivity contribution is 0.740. The van der Waals surface area contributed by atoms with Crippen LogP contribution in [-0.2, 0) is 0 Å². The molecule has 108 valence electrons. The van der Waals surface area contributed by atoms with Crippen molar-refractivity contribution in [3.8, 4) is 0 Å². The summed E-state index contributed by atoms with van der Waals surface area (Å²) in [5.74, 6) is 0.584. The third-order valence-electron chi connectivity index (χ3n) is 4.90. The van der Waals surface area contributed by atoms with E-state index in [0.717, 1.165) is 0 Å². The lowest BCUT2D eigenvalue weighted by atomic mass is 9.89. The highest BCUT2D eigenvalue weighted by Gasteiger charge is 2.11. The van der Waals surface area contributed by atoms with E-state index in [2.05, 4.69) is 80.6 Å². The summed E-state index contributed by atoms with van der Waals surface area (Å²) in [6.45, 7) is 4.60. The smallest absolute Gasteiger partial charge is 0.00704 e. The van der Waals surface area contributed by atoms with E-state index in [-0.39, 0.29) is 0 Å². The molecule has 0 fully saturated rings. The molecule has 1 unspecified atom stereocenters. The first-order chi connectivity index (χ1) is 10.8. The minimum Gasteiger partial charge on any atom is -0.0648 e. The number of hydrogen-bond donors (Lipinski definition) is 0. The summed E-state index contributed by atoms with van der Waals surface area (Å²) in [6.07, 6.45) is 1.17. The topological polar surface area (TPSA) is 0 Å². The lowest BCUT2D eigenvalue weighted by Crippen LogP contribution is -1.93. The Morgan fingerprint density at radius 1 is 0.727 bits per heavy atom. The van der Waals surface area contributed by atoms with Gasteiger partial charge in [0, 0.05) is 0 Å². The average Bonchev–Trinajstić information content (AvgIpc) is 2.58. The Hall–Kier alpha value is -2.34. The van der Waals surface area contributed by atoms with Crippen molar-refractivity contribution < 1.29 is 0 Å². The van der Waals surface area contributed by atoms with Crippen molar-refractivity contribution in [2.24, 2.45) is 0 Å². The van der Waals surface area contributed by atoms with Gasteiger partial charge in [-0.05, 0) is 62.4 Å². The number of rotatable bonds is 2. The minimum absolute atomic E-state index is 0.584. The molecular weight excluding hydrogens is 264 g/mol. The summed E-state index contributed by atoms with van der Waals surface area (Å²) in [5.41, 5.74) is 1.47. The van der Waals surface area contributed by atoms with E-state index >= 15 is 0 Å². The Bertz CT molecular complexity index is 979. The maximum absolute atomic E-state index is 2.36. The highest BCUT2D eigenvalue weighted by molar-refractivity contribution is 6.13. The van der Waals surface area contributed by atoms with E-state index in [9.17, 15) is 0 Å². The van der Waals surface area contributed by atoms with Gasteiger partial charge in [0.15, 0.2) is 0 Å². The molecule has 0 saturated heterocycles. The van der Waals surface area contributed by atoms with Crippen LogP contribution in [0.5, 0.6) is 0 Å². The van der Waals surface area contributed by atoms with Gasteiger partial charge in [0.05, 0.1) is 0 Å². The van der Waals surface area contributed by atoms with Gasteiger partial charge in [-0.1, -0.05) is 68.4 Å². The maximum Gasteiger partial charge on any atom is -0.00704 e. The summed E-state index contributed by atoms with van der Waals surface area (Å²) in [6, 6.07) is 24.5. The molecule has 0 saturated carbocycles. The van der Waals surface area contributed by atoms with Crippen LogP contribution in [0.1, 0.15) is 31.7 Å². The molecule has 0 spiro atoms. The molecule has 0 heteroatoms. The second-order valence-electron chi connectivity index (χ2n) is 6.24. The van der Waals surface area contributed by atoms with Crippen LogP contribution in [-0.4, -0.2) is 0 Å². The first kappa shape index (κ1) is 13.3. The predicted octanol–water partition coefficient (Wildman–Crippen LogP) is 6.66. The molecule has 0 aliphatic rings. The van der Waals surface area contributed by atoms with Crippen LogP contribution >= 0.6 is 0 Å². The molecule has 0 radical (unpaired) electrons. The second-order valence-corrected chi connectivity index (χ2v) is 6.24. The summed E-state index contributed by atoms with van der Waals surface area (Å²) in [5, 5.41) is 8.13. The normalized spacial score (nSPS) is 13.0. The molecule has 4 rings (SSSR count). The van der Waals surface area contributed by atoms with Gasteiger partial charge in [0.1, 0.15) is 0 Å². The predicted molar refractivity (Wildman–Crippen MR) is 97.7 cm³/mol. The molecule has 0 amide bonds. The highest BCUT2D eigenvalue weighted by Crippen LogP contribution is 2.35. The summed E-state index contributed by atoms with van der Waals surface area (Å²) < 4.78 is 0. The first-order valence-corrected chi connectivity index (χ1v) is 8.12. The monoisotopic (exact) mass is 284 g/mol. The van der Waals surface area contributed by atoms with E-state index < -0.39 is 0 Å².